The lowest BCUT2D eigenvalue weighted by Gasteiger charge is -2.16. The smallest absolute Gasteiger partial charge is 0.214 e. The molecule has 15 heavy (non-hydrogen) atoms. The molecule has 0 radical (unpaired) electrons. The Labute approximate surface area is 86.2 Å². The molecule has 1 atom stereocenters. The fourth-order valence-electron chi connectivity index (χ4n) is 1.18. The average Bonchev–Trinajstić information content (AvgIpc) is 2.25. The number of rotatable bonds is 4. The Morgan fingerprint density at radius 3 is 2.73 bits per heavy atom. The van der Waals surface area contributed by atoms with Gasteiger partial charge in [0.15, 0.2) is 0 Å². The van der Waals surface area contributed by atoms with E-state index in [1.54, 1.807) is 24.3 Å². The Morgan fingerprint density at radius 1 is 1.53 bits per heavy atom. The van der Waals surface area contributed by atoms with Gasteiger partial charge in [-0.2, -0.15) is 0 Å². The molecule has 0 fully saturated rings. The number of benzene rings is 1. The second-order valence-electron chi connectivity index (χ2n) is 2.82. The number of hydrogen-bond acceptors (Lipinski definition) is 4. The summed E-state index contributed by atoms with van der Waals surface area (Å²) in [5, 5.41) is 16.0. The van der Waals surface area contributed by atoms with Crippen LogP contribution in [-0.4, -0.2) is 12.6 Å². The number of carboxylic acid groups (broad SMARTS) is 1. The lowest BCUT2D eigenvalue weighted by molar-refractivity contribution is -0.251. The molecule has 0 spiro atoms. The van der Waals surface area contributed by atoms with Crippen molar-refractivity contribution < 1.29 is 9.90 Å². The summed E-state index contributed by atoms with van der Waals surface area (Å²) < 4.78 is 0. The van der Waals surface area contributed by atoms with Gasteiger partial charge in [-0.25, -0.2) is 0 Å². The summed E-state index contributed by atoms with van der Waals surface area (Å²) in [5.41, 5.74) is 7.27. The predicted octanol–water partition coefficient (Wildman–Crippen LogP) is 0.211. The Kier molecular flexibility index (Phi) is 4.00. The highest BCUT2D eigenvalue weighted by Gasteiger charge is 2.12. The zero-order chi connectivity index (χ0) is 11.1. The Hall–Kier alpha value is -2.20. The topological polar surface area (TPSA) is 102 Å². The third kappa shape index (κ3) is 3.58. The van der Waals surface area contributed by atoms with E-state index in [1.165, 1.54) is 0 Å². The molecule has 0 aromatic heterocycles. The molecule has 0 aliphatic heterocycles. The molecule has 0 heterocycles. The van der Waals surface area contributed by atoms with E-state index in [9.17, 15) is 9.90 Å². The van der Waals surface area contributed by atoms with E-state index in [1.807, 2.05) is 6.07 Å². The van der Waals surface area contributed by atoms with Gasteiger partial charge in [-0.15, -0.1) is 0 Å². The van der Waals surface area contributed by atoms with Crippen LogP contribution in [0.3, 0.4) is 0 Å². The first-order valence-corrected chi connectivity index (χ1v) is 4.29. The maximum Gasteiger partial charge on any atom is 0.214 e. The molecule has 1 amide bonds. The van der Waals surface area contributed by atoms with E-state index < -0.39 is 12.1 Å². The first kappa shape index (κ1) is 10.9. The van der Waals surface area contributed by atoms with Gasteiger partial charge >= 0.3 is 0 Å². The van der Waals surface area contributed by atoms with Gasteiger partial charge in [-0.1, -0.05) is 30.3 Å². The van der Waals surface area contributed by atoms with Gasteiger partial charge in [0, 0.05) is 0 Å². The number of nitrogens with zero attached hydrogens (tertiary/aromatic N) is 2. The molecule has 6 nitrogen and oxygen atoms in total. The maximum atomic E-state index is 10.4. The van der Waals surface area contributed by atoms with Gasteiger partial charge < -0.3 is 15.2 Å². The fourth-order valence-corrected chi connectivity index (χ4v) is 1.18. The molecule has 78 valence electrons. The van der Waals surface area contributed by atoms with Crippen LogP contribution in [0.5, 0.6) is 0 Å². The van der Waals surface area contributed by atoms with Gasteiger partial charge in [0.1, 0.15) is 23.3 Å². The Balaban J connectivity index is 2.80. The average molecular weight is 206 g/mol. The van der Waals surface area contributed by atoms with Crippen LogP contribution in [0.4, 0.5) is 4.79 Å². The summed E-state index contributed by atoms with van der Waals surface area (Å²) in [7, 11) is 0. The van der Waals surface area contributed by atoms with Crippen LogP contribution in [0.15, 0.2) is 35.4 Å². The summed E-state index contributed by atoms with van der Waals surface area (Å²) in [4.78, 5) is 13.2. The quantitative estimate of drug-likeness (QED) is 0.543. The number of hydrogen-bond donors (Lipinski definition) is 2. The molecule has 2 N–H and O–H groups in total. The maximum absolute atomic E-state index is 10.4. The van der Waals surface area contributed by atoms with Gasteiger partial charge in [0.25, 0.3) is 0 Å². The lowest BCUT2D eigenvalue weighted by atomic mass is 10.1. The first-order chi connectivity index (χ1) is 7.24. The monoisotopic (exact) mass is 206 g/mol. The molecular formula is C9H10N4O2. The molecular weight excluding hydrogens is 196 g/mol. The highest BCUT2D eigenvalue weighted by Crippen LogP contribution is 2.11. The normalized spacial score (nSPS) is 11.2. The predicted molar refractivity (Wildman–Crippen MR) is 49.9 cm³/mol. The molecule has 1 aromatic carbocycles. The lowest BCUT2D eigenvalue weighted by Crippen LogP contribution is -2.40. The molecule has 0 bridgehead atoms. The molecule has 0 saturated carbocycles. The number of amides is 1. The third-order valence-corrected chi connectivity index (χ3v) is 1.83. The van der Waals surface area contributed by atoms with E-state index in [4.69, 9.17) is 5.53 Å². The minimum absolute atomic E-state index is 0.0848. The standard InChI is InChI=1S/C9H10N4O2/c10-13-11-6-8(12-9(14)15)7-4-2-1-3-5-7/h1-5,8,10,12H,6H2. The molecule has 0 aliphatic rings. The highest BCUT2D eigenvalue weighted by atomic mass is 16.4. The van der Waals surface area contributed by atoms with E-state index in [0.717, 1.165) is 5.56 Å². The Morgan fingerprint density at radius 2 is 2.20 bits per heavy atom. The van der Waals surface area contributed by atoms with Crippen molar-refractivity contribution in [2.45, 2.75) is 6.04 Å². The van der Waals surface area contributed by atoms with Crippen LogP contribution in [-0.2, 0) is 0 Å². The van der Waals surface area contributed by atoms with E-state index in [0.29, 0.717) is 0 Å². The fraction of sp³-hybridized carbons (Fsp3) is 0.222. The SMILES string of the molecule is N=[N+]=NCC(NC(=O)[O-])c1ccccc1. The van der Waals surface area contributed by atoms with Crippen LogP contribution < -0.4 is 15.3 Å². The molecule has 1 unspecified atom stereocenters. The minimum atomic E-state index is -1.37. The van der Waals surface area contributed by atoms with E-state index in [2.05, 4.69) is 15.3 Å². The van der Waals surface area contributed by atoms with Crippen LogP contribution in [0.25, 0.3) is 0 Å². The van der Waals surface area contributed by atoms with Crippen LogP contribution in [0.2, 0.25) is 0 Å². The van der Waals surface area contributed by atoms with Crippen molar-refractivity contribution in [3.8, 4) is 0 Å². The molecule has 0 aliphatic carbocycles. The van der Waals surface area contributed by atoms with E-state index in [-0.39, 0.29) is 6.54 Å². The minimum Gasteiger partial charge on any atom is -0.530 e. The summed E-state index contributed by atoms with van der Waals surface area (Å²) in [6, 6.07) is 8.41. The van der Waals surface area contributed by atoms with Crippen molar-refractivity contribution in [2.75, 3.05) is 6.54 Å². The molecule has 1 aromatic rings. The van der Waals surface area contributed by atoms with Crippen LogP contribution >= 0.6 is 0 Å². The zero-order valence-corrected chi connectivity index (χ0v) is 7.88. The van der Waals surface area contributed by atoms with Gasteiger partial charge in [0.05, 0.1) is 6.04 Å². The van der Waals surface area contributed by atoms with Crippen LogP contribution in [0.1, 0.15) is 11.6 Å². The van der Waals surface area contributed by atoms with Gasteiger partial charge in [0.2, 0.25) is 4.91 Å². The number of carbonyl (C=O) groups is 1. The molecule has 1 rings (SSSR count). The van der Waals surface area contributed by atoms with Crippen molar-refractivity contribution in [2.24, 2.45) is 5.11 Å². The number of nitrogens with one attached hydrogen (secondary N) is 2. The largest absolute Gasteiger partial charge is 0.530 e. The first-order valence-electron chi connectivity index (χ1n) is 4.29. The highest BCUT2D eigenvalue weighted by molar-refractivity contribution is 5.62. The van der Waals surface area contributed by atoms with Crippen molar-refractivity contribution in [3.05, 3.63) is 35.9 Å². The summed E-state index contributed by atoms with van der Waals surface area (Å²) in [6.45, 7) is 0.0848. The van der Waals surface area contributed by atoms with Crippen molar-refractivity contribution in [1.82, 2.24) is 10.2 Å². The number of carbonyl (C=O) groups excluding carboxylic acids is 1. The molecule has 0 saturated heterocycles. The van der Waals surface area contributed by atoms with Gasteiger partial charge in [-0.05, 0) is 5.56 Å². The molecule has 6 heteroatoms. The summed E-state index contributed by atoms with van der Waals surface area (Å²) in [5.74, 6) is 0. The Bertz CT molecular complexity index is 369. The summed E-state index contributed by atoms with van der Waals surface area (Å²) >= 11 is 0. The van der Waals surface area contributed by atoms with Gasteiger partial charge in [-0.3, -0.25) is 0 Å². The third-order valence-electron chi connectivity index (χ3n) is 1.83. The van der Waals surface area contributed by atoms with Crippen molar-refractivity contribution in [1.29, 1.82) is 5.53 Å². The van der Waals surface area contributed by atoms with Crippen molar-refractivity contribution >= 4 is 6.09 Å². The second-order valence-corrected chi connectivity index (χ2v) is 2.82. The zero-order valence-electron chi connectivity index (χ0n) is 7.88. The van der Waals surface area contributed by atoms with Crippen LogP contribution in [0, 0.1) is 5.53 Å². The summed E-state index contributed by atoms with van der Waals surface area (Å²) in [6.07, 6.45) is -1.37. The van der Waals surface area contributed by atoms with E-state index >= 15 is 0 Å². The second kappa shape index (κ2) is 5.51. The van der Waals surface area contributed by atoms with Crippen molar-refractivity contribution in [3.63, 3.8) is 0 Å².